The average Bonchev–Trinajstić information content (AvgIpc) is 2.98. The van der Waals surface area contributed by atoms with E-state index >= 15 is 0 Å². The maximum Gasteiger partial charge on any atom is 0.417 e. The van der Waals surface area contributed by atoms with Gasteiger partial charge in [-0.1, -0.05) is 0 Å². The highest BCUT2D eigenvalue weighted by atomic mass is 32.2. The van der Waals surface area contributed by atoms with E-state index in [4.69, 9.17) is 4.74 Å². The van der Waals surface area contributed by atoms with Gasteiger partial charge in [-0.15, -0.1) is 0 Å². The van der Waals surface area contributed by atoms with Crippen molar-refractivity contribution in [3.05, 3.63) is 11.4 Å². The van der Waals surface area contributed by atoms with Crippen molar-refractivity contribution in [3.8, 4) is 0 Å². The molecule has 3 rings (SSSR count). The number of amides is 2. The fraction of sp³-hybridized carbons (Fsp3) is 0.643. The summed E-state index contributed by atoms with van der Waals surface area (Å²) in [7, 11) is -1.94. The van der Waals surface area contributed by atoms with Crippen molar-refractivity contribution in [3.63, 3.8) is 0 Å². The van der Waals surface area contributed by atoms with Gasteiger partial charge < -0.3 is 4.74 Å². The van der Waals surface area contributed by atoms with E-state index in [0.717, 1.165) is 4.90 Å². The number of nitrogens with zero attached hydrogens (tertiary/aromatic N) is 4. The summed E-state index contributed by atoms with van der Waals surface area (Å²) in [6.07, 6.45) is 0.164. The molecule has 0 spiro atoms. The molecule has 3 heterocycles. The number of hydrogen-bond donors (Lipinski definition) is 0. The van der Waals surface area contributed by atoms with Crippen LogP contribution in [0, 0.1) is 13.8 Å². The van der Waals surface area contributed by atoms with E-state index in [1.165, 1.54) is 4.31 Å². The Bertz CT molecular complexity index is 776. The highest BCUT2D eigenvalue weighted by Gasteiger charge is 2.41. The van der Waals surface area contributed by atoms with Crippen LogP contribution in [0.25, 0.3) is 0 Å². The second kappa shape index (κ2) is 5.85. The Morgan fingerprint density at radius 2 is 1.79 bits per heavy atom. The maximum absolute atomic E-state index is 12.9. The molecule has 0 radical (unpaired) electrons. The number of sulfonamides is 1. The summed E-state index contributed by atoms with van der Waals surface area (Å²) in [5, 5.41) is 4.17. The fourth-order valence-corrected chi connectivity index (χ4v) is 5.18. The van der Waals surface area contributed by atoms with Crippen molar-refractivity contribution >= 4 is 22.0 Å². The summed E-state index contributed by atoms with van der Waals surface area (Å²) in [5.41, 5.74) is 1.06. The SMILES string of the molecule is Cc1nn(C)c(C)c1S(=O)(=O)N1CCC(N2C(=O)COC2=O)CC1. The lowest BCUT2D eigenvalue weighted by Crippen LogP contribution is -2.48. The smallest absolute Gasteiger partial charge is 0.417 e. The van der Waals surface area contributed by atoms with E-state index in [2.05, 4.69) is 5.10 Å². The molecule has 2 amide bonds. The quantitative estimate of drug-likeness (QED) is 0.765. The Kier molecular flexibility index (Phi) is 4.12. The first-order valence-corrected chi connectivity index (χ1v) is 9.16. The number of hydrogen-bond acceptors (Lipinski definition) is 6. The van der Waals surface area contributed by atoms with Crippen molar-refractivity contribution in [1.82, 2.24) is 19.0 Å². The first-order chi connectivity index (χ1) is 11.2. The molecule has 132 valence electrons. The topological polar surface area (TPSA) is 102 Å². The van der Waals surface area contributed by atoms with E-state index in [-0.39, 0.29) is 36.5 Å². The van der Waals surface area contributed by atoms with E-state index in [1.54, 1.807) is 25.6 Å². The molecule has 0 N–H and O–H groups in total. The van der Waals surface area contributed by atoms with Crippen LogP contribution in [0.3, 0.4) is 0 Å². The predicted octanol–water partition coefficient (Wildman–Crippen LogP) is 0.169. The van der Waals surface area contributed by atoms with Gasteiger partial charge in [-0.3, -0.25) is 9.48 Å². The first kappa shape index (κ1) is 16.9. The van der Waals surface area contributed by atoms with Crippen LogP contribution in [-0.2, 0) is 26.6 Å². The molecule has 0 saturated carbocycles. The lowest BCUT2D eigenvalue weighted by molar-refractivity contribution is -0.127. The number of carbonyl (C=O) groups is 2. The Labute approximate surface area is 140 Å². The van der Waals surface area contributed by atoms with Gasteiger partial charge in [-0.25, -0.2) is 18.1 Å². The Balaban J connectivity index is 1.77. The molecule has 0 aliphatic carbocycles. The monoisotopic (exact) mass is 356 g/mol. The molecule has 2 fully saturated rings. The molecule has 2 aliphatic rings. The predicted molar refractivity (Wildman–Crippen MR) is 82.7 cm³/mol. The summed E-state index contributed by atoms with van der Waals surface area (Å²) >= 11 is 0. The van der Waals surface area contributed by atoms with Crippen LogP contribution in [-0.4, -0.2) is 65.1 Å². The molecule has 0 bridgehead atoms. The van der Waals surface area contributed by atoms with Crippen LogP contribution in [0.5, 0.6) is 0 Å². The third-order valence-corrected chi connectivity index (χ3v) is 6.77. The number of rotatable bonds is 3. The van der Waals surface area contributed by atoms with Crippen molar-refractivity contribution < 1.29 is 22.7 Å². The van der Waals surface area contributed by atoms with Crippen LogP contribution in [0.15, 0.2) is 4.90 Å². The molecule has 0 atom stereocenters. The van der Waals surface area contributed by atoms with Crippen LogP contribution in [0.4, 0.5) is 4.79 Å². The van der Waals surface area contributed by atoms with Crippen LogP contribution in [0.1, 0.15) is 24.2 Å². The first-order valence-electron chi connectivity index (χ1n) is 7.72. The van der Waals surface area contributed by atoms with Crippen molar-refractivity contribution in [2.75, 3.05) is 19.7 Å². The van der Waals surface area contributed by atoms with Crippen molar-refractivity contribution in [2.45, 2.75) is 37.6 Å². The van der Waals surface area contributed by atoms with Gasteiger partial charge in [0.05, 0.1) is 11.4 Å². The Hall–Kier alpha value is -1.94. The molecular weight excluding hydrogens is 336 g/mol. The van der Waals surface area contributed by atoms with Gasteiger partial charge >= 0.3 is 6.09 Å². The number of aromatic nitrogens is 2. The molecule has 1 aromatic heterocycles. The van der Waals surface area contributed by atoms with Crippen LogP contribution in [0.2, 0.25) is 0 Å². The maximum atomic E-state index is 12.9. The summed E-state index contributed by atoms with van der Waals surface area (Å²) in [6.45, 7) is 3.66. The number of carbonyl (C=O) groups excluding carboxylic acids is 2. The zero-order valence-electron chi connectivity index (χ0n) is 13.9. The molecule has 24 heavy (non-hydrogen) atoms. The summed E-state index contributed by atoms with van der Waals surface area (Å²) in [4.78, 5) is 24.7. The van der Waals surface area contributed by atoms with E-state index in [0.29, 0.717) is 24.2 Å². The third-order valence-electron chi connectivity index (χ3n) is 4.61. The van der Waals surface area contributed by atoms with Gasteiger partial charge in [-0.2, -0.15) is 9.40 Å². The number of aryl methyl sites for hydroxylation is 2. The number of ether oxygens (including phenoxy) is 1. The van der Waals surface area contributed by atoms with Gasteiger partial charge in [0.15, 0.2) is 6.61 Å². The second-order valence-electron chi connectivity index (χ2n) is 6.08. The van der Waals surface area contributed by atoms with Gasteiger partial charge in [0.2, 0.25) is 10.0 Å². The number of piperidine rings is 1. The van der Waals surface area contributed by atoms with Gasteiger partial charge in [0.25, 0.3) is 5.91 Å². The third kappa shape index (κ3) is 2.59. The van der Waals surface area contributed by atoms with Crippen LogP contribution >= 0.6 is 0 Å². The van der Waals surface area contributed by atoms with Crippen molar-refractivity contribution in [2.24, 2.45) is 7.05 Å². The molecular formula is C14H20N4O5S. The van der Waals surface area contributed by atoms with Gasteiger partial charge in [0.1, 0.15) is 4.90 Å². The molecule has 0 unspecified atom stereocenters. The molecule has 0 aromatic carbocycles. The standard InChI is InChI=1S/C14H20N4O5S/c1-9-13(10(2)16(3)15-9)24(21,22)17-6-4-11(5-7-17)18-12(19)8-23-14(18)20/h11H,4-8H2,1-3H3. The van der Waals surface area contributed by atoms with E-state index < -0.39 is 16.1 Å². The molecule has 2 saturated heterocycles. The minimum absolute atomic E-state index is 0.231. The molecule has 10 heteroatoms. The number of imide groups is 1. The zero-order valence-corrected chi connectivity index (χ0v) is 14.7. The Morgan fingerprint density at radius 1 is 1.17 bits per heavy atom. The van der Waals surface area contributed by atoms with E-state index in [1.807, 2.05) is 0 Å². The second-order valence-corrected chi connectivity index (χ2v) is 7.95. The largest absolute Gasteiger partial charge is 0.439 e. The molecule has 1 aromatic rings. The van der Waals surface area contributed by atoms with Crippen molar-refractivity contribution in [1.29, 1.82) is 0 Å². The van der Waals surface area contributed by atoms with Gasteiger partial charge in [-0.05, 0) is 26.7 Å². The van der Waals surface area contributed by atoms with Gasteiger partial charge in [0, 0.05) is 26.2 Å². The van der Waals surface area contributed by atoms with E-state index in [9.17, 15) is 18.0 Å². The summed E-state index contributed by atoms with van der Waals surface area (Å²) in [6, 6.07) is -0.310. The lowest BCUT2D eigenvalue weighted by Gasteiger charge is -2.34. The zero-order chi connectivity index (χ0) is 17.6. The minimum Gasteiger partial charge on any atom is -0.439 e. The normalized spacial score (nSPS) is 20.7. The minimum atomic E-state index is -3.65. The highest BCUT2D eigenvalue weighted by molar-refractivity contribution is 7.89. The summed E-state index contributed by atoms with van der Waals surface area (Å²) in [5.74, 6) is -0.361. The molecule has 9 nitrogen and oxygen atoms in total. The highest BCUT2D eigenvalue weighted by Crippen LogP contribution is 2.28. The summed E-state index contributed by atoms with van der Waals surface area (Å²) < 4.78 is 33.5. The lowest BCUT2D eigenvalue weighted by atomic mass is 10.1. The van der Waals surface area contributed by atoms with Crippen LogP contribution < -0.4 is 0 Å². The Morgan fingerprint density at radius 3 is 2.25 bits per heavy atom. The average molecular weight is 356 g/mol. The number of cyclic esters (lactones) is 1. The molecule has 2 aliphatic heterocycles. The fourth-order valence-electron chi connectivity index (χ4n) is 3.31.